The first-order valence-electron chi connectivity index (χ1n) is 13.7. The maximum Gasteiger partial charge on any atom is 0.253 e. The van der Waals surface area contributed by atoms with E-state index in [4.69, 9.17) is 4.74 Å². The number of amides is 3. The van der Waals surface area contributed by atoms with Gasteiger partial charge in [0.1, 0.15) is 18.4 Å². The molecule has 222 valence electrons. The number of benzene rings is 2. The quantitative estimate of drug-likeness (QED) is 0.539. The number of rotatable bonds is 5. The number of carbonyl (C=O) groups is 3. The Bertz CT molecular complexity index is 1380. The monoisotopic (exact) mass is 585 g/mol. The van der Waals surface area contributed by atoms with Crippen LogP contribution in [0.15, 0.2) is 48.5 Å². The summed E-state index contributed by atoms with van der Waals surface area (Å²) in [6, 6.07) is 13.1. The molecule has 2 heterocycles. The number of ether oxygens (including phenoxy) is 1. The van der Waals surface area contributed by atoms with Crippen molar-refractivity contribution in [3.63, 3.8) is 0 Å². The van der Waals surface area contributed by atoms with Crippen molar-refractivity contribution < 1.29 is 27.5 Å². The largest absolute Gasteiger partial charge is 0.491 e. The second-order valence-electron chi connectivity index (χ2n) is 11.1. The average Bonchev–Trinajstić information content (AvgIpc) is 3.30. The Balaban J connectivity index is 1.70. The van der Waals surface area contributed by atoms with Crippen LogP contribution in [0.2, 0.25) is 0 Å². The molecule has 1 saturated heterocycles. The number of likely N-dealkylation sites (N-methyl/N-ethyl adjacent to an activating group) is 1. The van der Waals surface area contributed by atoms with Crippen LogP contribution >= 0.6 is 0 Å². The van der Waals surface area contributed by atoms with Crippen LogP contribution in [0.4, 0.5) is 0 Å². The van der Waals surface area contributed by atoms with Crippen LogP contribution in [0, 0.1) is 0 Å². The summed E-state index contributed by atoms with van der Waals surface area (Å²) >= 11 is 0. The SMILES string of the molecule is CN(C)CC(=O)N[C@H]1CCCN(C)C(=O)c2cccc(c2)-c2ccccc2OC[C@@H]2C[C@H](NS(C)(=O)=O)CN2C1=O. The maximum absolute atomic E-state index is 14.0. The molecule has 3 atom stereocenters. The molecule has 12 heteroatoms. The third kappa shape index (κ3) is 8.05. The molecule has 41 heavy (non-hydrogen) atoms. The number of carbonyl (C=O) groups excluding carboxylic acids is 3. The highest BCUT2D eigenvalue weighted by Crippen LogP contribution is 2.32. The zero-order valence-electron chi connectivity index (χ0n) is 24.0. The van der Waals surface area contributed by atoms with E-state index in [2.05, 4.69) is 10.0 Å². The third-order valence-electron chi connectivity index (χ3n) is 7.24. The molecule has 0 saturated carbocycles. The van der Waals surface area contributed by atoms with Crippen LogP contribution < -0.4 is 14.8 Å². The fraction of sp³-hybridized carbons (Fsp3) is 0.483. The summed E-state index contributed by atoms with van der Waals surface area (Å²) in [5, 5.41) is 2.87. The van der Waals surface area contributed by atoms with Gasteiger partial charge in [-0.3, -0.25) is 14.4 Å². The molecule has 4 rings (SSSR count). The minimum atomic E-state index is -3.51. The van der Waals surface area contributed by atoms with Crippen LogP contribution in [-0.4, -0.2) is 113 Å². The molecule has 0 radical (unpaired) electrons. The first-order chi connectivity index (χ1) is 19.4. The maximum atomic E-state index is 14.0. The molecule has 2 aliphatic rings. The third-order valence-corrected chi connectivity index (χ3v) is 8.00. The summed E-state index contributed by atoms with van der Waals surface area (Å²) < 4.78 is 33.0. The van der Waals surface area contributed by atoms with Crippen LogP contribution in [0.5, 0.6) is 5.75 Å². The lowest BCUT2D eigenvalue weighted by atomic mass is 10.0. The fourth-order valence-corrected chi connectivity index (χ4v) is 6.18. The van der Waals surface area contributed by atoms with E-state index in [1.54, 1.807) is 41.9 Å². The minimum absolute atomic E-state index is 0.111. The van der Waals surface area contributed by atoms with E-state index in [1.807, 2.05) is 42.5 Å². The molecule has 3 amide bonds. The second kappa shape index (κ2) is 13.0. The summed E-state index contributed by atoms with van der Waals surface area (Å²) in [6.07, 6.45) is 2.25. The van der Waals surface area contributed by atoms with Gasteiger partial charge in [0, 0.05) is 37.3 Å². The Kier molecular flexibility index (Phi) is 9.67. The molecular formula is C29H39N5O6S. The summed E-state index contributed by atoms with van der Waals surface area (Å²) in [5.41, 5.74) is 2.16. The van der Waals surface area contributed by atoms with E-state index in [-0.39, 0.29) is 37.4 Å². The number of hydrogen-bond donors (Lipinski definition) is 2. The van der Waals surface area contributed by atoms with E-state index in [0.717, 1.165) is 17.4 Å². The smallest absolute Gasteiger partial charge is 0.253 e. The fourth-order valence-electron chi connectivity index (χ4n) is 5.41. The molecule has 0 unspecified atom stereocenters. The summed E-state index contributed by atoms with van der Waals surface area (Å²) in [5.74, 6) is -0.162. The first-order valence-corrected chi connectivity index (χ1v) is 15.6. The lowest BCUT2D eigenvalue weighted by Crippen LogP contribution is -2.53. The average molecular weight is 586 g/mol. The molecule has 1 fully saturated rings. The number of sulfonamides is 1. The van der Waals surface area contributed by atoms with Gasteiger partial charge in [0.05, 0.1) is 18.8 Å². The van der Waals surface area contributed by atoms with Crippen molar-refractivity contribution in [3.05, 3.63) is 54.1 Å². The van der Waals surface area contributed by atoms with Gasteiger partial charge in [-0.1, -0.05) is 30.3 Å². The van der Waals surface area contributed by atoms with Gasteiger partial charge in [0.25, 0.3) is 5.91 Å². The van der Waals surface area contributed by atoms with E-state index in [1.165, 1.54) is 0 Å². The topological polar surface area (TPSA) is 128 Å². The lowest BCUT2D eigenvalue weighted by Gasteiger charge is -2.30. The number of nitrogens with one attached hydrogen (secondary N) is 2. The van der Waals surface area contributed by atoms with E-state index in [9.17, 15) is 22.8 Å². The van der Waals surface area contributed by atoms with Crippen molar-refractivity contribution >= 4 is 27.7 Å². The Morgan fingerprint density at radius 3 is 2.56 bits per heavy atom. The normalized spacial score (nSPS) is 22.2. The Hall–Kier alpha value is -3.48. The summed E-state index contributed by atoms with van der Waals surface area (Å²) in [4.78, 5) is 44.9. The molecule has 0 aliphatic carbocycles. The molecule has 0 spiro atoms. The van der Waals surface area contributed by atoms with Crippen LogP contribution in [0.3, 0.4) is 0 Å². The predicted octanol–water partition coefficient (Wildman–Crippen LogP) is 1.16. The van der Waals surface area contributed by atoms with Gasteiger partial charge in [0.2, 0.25) is 21.8 Å². The van der Waals surface area contributed by atoms with E-state index in [0.29, 0.717) is 37.1 Å². The Morgan fingerprint density at radius 1 is 1.10 bits per heavy atom. The van der Waals surface area contributed by atoms with Crippen molar-refractivity contribution in [2.75, 3.05) is 53.6 Å². The Labute approximate surface area is 241 Å². The first kappa shape index (κ1) is 30.5. The van der Waals surface area contributed by atoms with Gasteiger partial charge in [-0.15, -0.1) is 0 Å². The highest BCUT2D eigenvalue weighted by atomic mass is 32.2. The number of nitrogens with zero attached hydrogens (tertiary/aromatic N) is 3. The van der Waals surface area contributed by atoms with Gasteiger partial charge in [-0.05, 0) is 57.1 Å². The molecule has 0 aromatic heterocycles. The summed E-state index contributed by atoms with van der Waals surface area (Å²) in [6.45, 7) is 0.782. The highest BCUT2D eigenvalue weighted by Gasteiger charge is 2.40. The molecule has 2 bridgehead atoms. The van der Waals surface area contributed by atoms with Crippen molar-refractivity contribution in [1.29, 1.82) is 0 Å². The van der Waals surface area contributed by atoms with Crippen LogP contribution in [0.1, 0.15) is 29.6 Å². The van der Waals surface area contributed by atoms with Gasteiger partial charge in [0.15, 0.2) is 0 Å². The van der Waals surface area contributed by atoms with Gasteiger partial charge < -0.3 is 24.8 Å². The van der Waals surface area contributed by atoms with Gasteiger partial charge >= 0.3 is 0 Å². The standard InChI is InChI=1S/C29H39N5O6S/c1-32(2)18-27(35)30-25-12-8-14-33(3)28(36)21-10-7-9-20(15-21)24-11-5-6-13-26(24)40-19-23-16-22(31-41(4,38)39)17-34(23)29(25)37/h5-7,9-11,13,15,22-23,25,31H,8,12,14,16-19H2,1-4H3,(H,30,35)/t22-,23-,25-/m0/s1. The van der Waals surface area contributed by atoms with Crippen molar-refractivity contribution in [3.8, 4) is 16.9 Å². The van der Waals surface area contributed by atoms with E-state index < -0.39 is 28.1 Å². The van der Waals surface area contributed by atoms with Crippen LogP contribution in [-0.2, 0) is 19.6 Å². The number of fused-ring (bicyclic) bond motifs is 5. The zero-order chi connectivity index (χ0) is 29.7. The number of para-hydroxylation sites is 1. The minimum Gasteiger partial charge on any atom is -0.491 e. The van der Waals surface area contributed by atoms with Gasteiger partial charge in [-0.2, -0.15) is 0 Å². The van der Waals surface area contributed by atoms with Crippen molar-refractivity contribution in [2.24, 2.45) is 0 Å². The van der Waals surface area contributed by atoms with Crippen molar-refractivity contribution in [1.82, 2.24) is 24.7 Å². The molecule has 11 nitrogen and oxygen atoms in total. The number of hydrogen-bond acceptors (Lipinski definition) is 7. The highest BCUT2D eigenvalue weighted by molar-refractivity contribution is 7.88. The zero-order valence-corrected chi connectivity index (χ0v) is 24.8. The molecule has 2 aromatic carbocycles. The van der Waals surface area contributed by atoms with Crippen molar-refractivity contribution in [2.45, 2.75) is 37.4 Å². The summed E-state index contributed by atoms with van der Waals surface area (Å²) in [7, 11) is 1.74. The van der Waals surface area contributed by atoms with Gasteiger partial charge in [-0.25, -0.2) is 13.1 Å². The molecule has 2 N–H and O–H groups in total. The van der Waals surface area contributed by atoms with E-state index >= 15 is 0 Å². The lowest BCUT2D eigenvalue weighted by molar-refractivity contribution is -0.138. The van der Waals surface area contributed by atoms with Crippen LogP contribution in [0.25, 0.3) is 11.1 Å². The Morgan fingerprint density at radius 2 is 1.83 bits per heavy atom. The molecule has 2 aromatic rings. The second-order valence-corrected chi connectivity index (χ2v) is 12.9. The predicted molar refractivity (Wildman–Crippen MR) is 156 cm³/mol. The molecule has 2 aliphatic heterocycles. The molecular weight excluding hydrogens is 546 g/mol.